The topological polar surface area (TPSA) is 4.93 Å². The highest BCUT2D eigenvalue weighted by Gasteiger charge is 2.16. The molecule has 0 atom stereocenters. The maximum atomic E-state index is 2.44. The van der Waals surface area contributed by atoms with E-state index in [0.29, 0.717) is 0 Å². The molecule has 1 aromatic heterocycles. The third-order valence-corrected chi connectivity index (χ3v) is 10.1. The number of aromatic nitrogens is 1. The van der Waals surface area contributed by atoms with Crippen molar-refractivity contribution in [1.29, 1.82) is 0 Å². The first-order valence-electron chi connectivity index (χ1n) is 16.9. The standard InChI is InChI=1S/C48H31N/c1-3-13-32(14-4-1)35-27-36(33-15-5-2-6-16-33)29-37(28-35)34-23-25-38(26-24-34)49-47-22-12-11-21-43(47)46-30-44-41-19-9-7-17-39(41)40-18-8-10-20-42(40)45(44)31-48(46)49/h1-31H. The average Bonchev–Trinajstić information content (AvgIpc) is 3.51. The van der Waals surface area contributed by atoms with Crippen molar-refractivity contribution >= 4 is 54.1 Å². The fourth-order valence-corrected chi connectivity index (χ4v) is 7.84. The Balaban J connectivity index is 1.18. The molecule has 1 heteroatoms. The highest BCUT2D eigenvalue weighted by molar-refractivity contribution is 6.28. The van der Waals surface area contributed by atoms with E-state index in [4.69, 9.17) is 0 Å². The predicted octanol–water partition coefficient (Wildman–Crippen LogP) is 13.2. The lowest BCUT2D eigenvalue weighted by molar-refractivity contribution is 1.18. The number of nitrogens with zero attached hydrogens (tertiary/aromatic N) is 1. The van der Waals surface area contributed by atoms with Gasteiger partial charge in [0.25, 0.3) is 0 Å². The summed E-state index contributed by atoms with van der Waals surface area (Å²) in [6.07, 6.45) is 0. The van der Waals surface area contributed by atoms with Gasteiger partial charge in [-0.2, -0.15) is 0 Å². The SMILES string of the molecule is c1ccc(-c2cc(-c3ccccc3)cc(-c3ccc(-n4c5ccccc5c5cc6c7ccccc7c7ccccc7c6cc54)cc3)c2)cc1. The molecule has 0 spiro atoms. The van der Waals surface area contributed by atoms with E-state index >= 15 is 0 Å². The van der Waals surface area contributed by atoms with Crippen molar-refractivity contribution in [1.82, 2.24) is 4.57 Å². The van der Waals surface area contributed by atoms with Gasteiger partial charge in [-0.25, -0.2) is 0 Å². The summed E-state index contributed by atoms with van der Waals surface area (Å²) >= 11 is 0. The third-order valence-electron chi connectivity index (χ3n) is 10.1. The fourth-order valence-electron chi connectivity index (χ4n) is 7.84. The highest BCUT2D eigenvalue weighted by Crippen LogP contribution is 2.41. The van der Waals surface area contributed by atoms with E-state index in [-0.39, 0.29) is 0 Å². The molecule has 9 aromatic carbocycles. The molecule has 1 heterocycles. The van der Waals surface area contributed by atoms with Crippen LogP contribution in [0.15, 0.2) is 188 Å². The Labute approximate surface area is 284 Å². The Bertz CT molecular complexity index is 2780. The van der Waals surface area contributed by atoms with Crippen LogP contribution in [-0.2, 0) is 0 Å². The Morgan fingerprint density at radius 1 is 0.224 bits per heavy atom. The Hall–Kier alpha value is -6.44. The van der Waals surface area contributed by atoms with Gasteiger partial charge in [0.15, 0.2) is 0 Å². The largest absolute Gasteiger partial charge is 0.309 e. The van der Waals surface area contributed by atoms with E-state index in [9.17, 15) is 0 Å². The van der Waals surface area contributed by atoms with Crippen LogP contribution in [0.2, 0.25) is 0 Å². The second-order valence-electron chi connectivity index (χ2n) is 12.9. The first kappa shape index (κ1) is 27.7. The summed E-state index contributed by atoms with van der Waals surface area (Å²) in [5.41, 5.74) is 10.9. The molecule has 0 aliphatic carbocycles. The first-order valence-corrected chi connectivity index (χ1v) is 16.9. The summed E-state index contributed by atoms with van der Waals surface area (Å²) in [7, 11) is 0. The van der Waals surface area contributed by atoms with Gasteiger partial charge in [0.1, 0.15) is 0 Å². The van der Waals surface area contributed by atoms with Gasteiger partial charge in [0.05, 0.1) is 11.0 Å². The molecule has 0 amide bonds. The van der Waals surface area contributed by atoms with Gasteiger partial charge in [-0.1, -0.05) is 140 Å². The lowest BCUT2D eigenvalue weighted by Crippen LogP contribution is -1.94. The van der Waals surface area contributed by atoms with Crippen molar-refractivity contribution in [2.24, 2.45) is 0 Å². The van der Waals surface area contributed by atoms with Gasteiger partial charge in [-0.15, -0.1) is 0 Å². The molecule has 228 valence electrons. The zero-order valence-corrected chi connectivity index (χ0v) is 26.8. The Morgan fingerprint density at radius 2 is 0.633 bits per heavy atom. The Kier molecular flexibility index (Phi) is 6.25. The molecule has 10 rings (SSSR count). The van der Waals surface area contributed by atoms with Gasteiger partial charge in [-0.05, 0) is 114 Å². The van der Waals surface area contributed by atoms with Crippen molar-refractivity contribution in [3.8, 4) is 39.1 Å². The second-order valence-corrected chi connectivity index (χ2v) is 12.9. The zero-order chi connectivity index (χ0) is 32.3. The van der Waals surface area contributed by atoms with E-state index in [1.165, 1.54) is 87.5 Å². The van der Waals surface area contributed by atoms with E-state index < -0.39 is 0 Å². The molecule has 0 saturated carbocycles. The van der Waals surface area contributed by atoms with Crippen LogP contribution in [0.3, 0.4) is 0 Å². The number of hydrogen-bond acceptors (Lipinski definition) is 0. The minimum Gasteiger partial charge on any atom is -0.309 e. The molecule has 1 nitrogen and oxygen atoms in total. The maximum Gasteiger partial charge on any atom is 0.0547 e. The molecule has 0 aliphatic rings. The molecule has 0 bridgehead atoms. The van der Waals surface area contributed by atoms with Gasteiger partial charge < -0.3 is 4.57 Å². The average molecular weight is 622 g/mol. The van der Waals surface area contributed by atoms with Crippen LogP contribution in [-0.4, -0.2) is 4.57 Å². The van der Waals surface area contributed by atoms with Crippen LogP contribution in [0.4, 0.5) is 0 Å². The lowest BCUT2D eigenvalue weighted by atomic mass is 9.93. The third kappa shape index (κ3) is 4.47. The molecule has 0 fully saturated rings. The fraction of sp³-hybridized carbons (Fsp3) is 0. The number of fused-ring (bicyclic) bond motifs is 9. The number of rotatable bonds is 4. The van der Waals surface area contributed by atoms with Gasteiger partial charge in [0.2, 0.25) is 0 Å². The number of benzene rings is 9. The van der Waals surface area contributed by atoms with E-state index in [1.54, 1.807) is 0 Å². The molecular weight excluding hydrogens is 591 g/mol. The monoisotopic (exact) mass is 621 g/mol. The van der Waals surface area contributed by atoms with Gasteiger partial charge >= 0.3 is 0 Å². The molecule has 0 N–H and O–H groups in total. The zero-order valence-electron chi connectivity index (χ0n) is 26.8. The predicted molar refractivity (Wildman–Crippen MR) is 210 cm³/mol. The normalized spacial score (nSPS) is 11.7. The molecule has 10 aromatic rings. The molecule has 0 radical (unpaired) electrons. The van der Waals surface area contributed by atoms with E-state index in [1.807, 2.05) is 0 Å². The van der Waals surface area contributed by atoms with Crippen LogP contribution in [0, 0.1) is 0 Å². The summed E-state index contributed by atoms with van der Waals surface area (Å²) in [6.45, 7) is 0. The maximum absolute atomic E-state index is 2.44. The second kappa shape index (κ2) is 11.1. The summed E-state index contributed by atoms with van der Waals surface area (Å²) in [6, 6.07) is 68.7. The van der Waals surface area contributed by atoms with Crippen molar-refractivity contribution < 1.29 is 0 Å². The highest BCUT2D eigenvalue weighted by atomic mass is 15.0. The summed E-state index contributed by atoms with van der Waals surface area (Å²) in [5, 5.41) is 10.3. The summed E-state index contributed by atoms with van der Waals surface area (Å²) < 4.78 is 2.44. The van der Waals surface area contributed by atoms with Gasteiger partial charge in [0, 0.05) is 16.5 Å². The van der Waals surface area contributed by atoms with E-state index in [0.717, 1.165) is 5.69 Å². The molecule has 0 unspecified atom stereocenters. The van der Waals surface area contributed by atoms with Crippen LogP contribution in [0.5, 0.6) is 0 Å². The van der Waals surface area contributed by atoms with Crippen LogP contribution in [0.1, 0.15) is 0 Å². The van der Waals surface area contributed by atoms with Crippen LogP contribution < -0.4 is 0 Å². The van der Waals surface area contributed by atoms with Crippen molar-refractivity contribution in [3.63, 3.8) is 0 Å². The van der Waals surface area contributed by atoms with Crippen molar-refractivity contribution in [2.75, 3.05) is 0 Å². The Morgan fingerprint density at radius 3 is 1.16 bits per heavy atom. The summed E-state index contributed by atoms with van der Waals surface area (Å²) in [5.74, 6) is 0. The van der Waals surface area contributed by atoms with Crippen LogP contribution >= 0.6 is 0 Å². The quantitative estimate of drug-likeness (QED) is 0.172. The molecule has 49 heavy (non-hydrogen) atoms. The van der Waals surface area contributed by atoms with Gasteiger partial charge in [-0.3, -0.25) is 0 Å². The summed E-state index contributed by atoms with van der Waals surface area (Å²) in [4.78, 5) is 0. The lowest BCUT2D eigenvalue weighted by Gasteiger charge is -2.14. The molecule has 0 aliphatic heterocycles. The number of para-hydroxylation sites is 1. The van der Waals surface area contributed by atoms with Crippen molar-refractivity contribution in [3.05, 3.63) is 188 Å². The van der Waals surface area contributed by atoms with Crippen LogP contribution in [0.25, 0.3) is 93.2 Å². The van der Waals surface area contributed by atoms with E-state index in [2.05, 4.69) is 193 Å². The number of hydrogen-bond donors (Lipinski definition) is 0. The first-order chi connectivity index (χ1) is 24.3. The molecule has 0 saturated heterocycles. The van der Waals surface area contributed by atoms with Crippen molar-refractivity contribution in [2.45, 2.75) is 0 Å². The minimum atomic E-state index is 1.15. The minimum absolute atomic E-state index is 1.15. The molecular formula is C48H31N. The smallest absolute Gasteiger partial charge is 0.0547 e.